The van der Waals surface area contributed by atoms with Crippen LogP contribution in [0, 0.1) is 11.3 Å². The van der Waals surface area contributed by atoms with Crippen molar-refractivity contribution in [2.75, 3.05) is 37.6 Å². The summed E-state index contributed by atoms with van der Waals surface area (Å²) >= 11 is 0. The van der Waals surface area contributed by atoms with Crippen LogP contribution in [0.3, 0.4) is 0 Å². The number of carbonyl (C=O) groups is 1. The molecule has 1 atom stereocenters. The number of nitrogens with zero attached hydrogens (tertiary/aromatic N) is 5. The molecule has 1 saturated carbocycles. The first-order chi connectivity index (χ1) is 15.7. The van der Waals surface area contributed by atoms with Crippen LogP contribution in [-0.2, 0) is 9.53 Å². The summed E-state index contributed by atoms with van der Waals surface area (Å²) in [7, 11) is 0. The van der Waals surface area contributed by atoms with E-state index in [1.165, 1.54) is 6.42 Å². The molecule has 172 valence electrons. The molecule has 0 spiro atoms. The van der Waals surface area contributed by atoms with Crippen molar-refractivity contribution in [1.29, 1.82) is 5.26 Å². The molecule has 0 N–H and O–H groups in total. The number of nitriles is 1. The van der Waals surface area contributed by atoms with Gasteiger partial charge in [-0.2, -0.15) is 5.26 Å². The third-order valence-corrected chi connectivity index (χ3v) is 6.17. The molecule has 2 aromatic rings. The Morgan fingerprint density at radius 1 is 1.09 bits per heavy atom. The average molecular weight is 438 g/mol. The second kappa shape index (κ2) is 11.8. The number of carbonyl (C=O) groups excluding carboxylic acids is 1. The van der Waals surface area contributed by atoms with Gasteiger partial charge in [0.05, 0.1) is 17.1 Å². The molecule has 0 amide bonds. The molecule has 1 saturated heterocycles. The van der Waals surface area contributed by atoms with E-state index in [-0.39, 0.29) is 6.10 Å². The van der Waals surface area contributed by atoms with Gasteiger partial charge in [-0.15, -0.1) is 0 Å². The van der Waals surface area contributed by atoms with Gasteiger partial charge < -0.3 is 14.5 Å². The highest BCUT2D eigenvalue weighted by Crippen LogP contribution is 2.30. The zero-order valence-corrected chi connectivity index (χ0v) is 19.6. The van der Waals surface area contributed by atoms with E-state index in [1.54, 1.807) is 0 Å². The van der Waals surface area contributed by atoms with Crippen molar-refractivity contribution < 1.29 is 9.53 Å². The lowest BCUT2D eigenvalue weighted by Crippen LogP contribution is -2.47. The number of benzene rings is 1. The van der Waals surface area contributed by atoms with Crippen LogP contribution < -0.4 is 4.90 Å². The van der Waals surface area contributed by atoms with Crippen molar-refractivity contribution in [1.82, 2.24) is 14.9 Å². The molecule has 7 nitrogen and oxygen atoms in total. The van der Waals surface area contributed by atoms with E-state index in [4.69, 9.17) is 14.7 Å². The van der Waals surface area contributed by atoms with Crippen molar-refractivity contribution in [2.45, 2.75) is 64.9 Å². The highest BCUT2D eigenvalue weighted by Gasteiger charge is 2.32. The minimum Gasteiger partial charge on any atom is -0.461 e. The number of para-hydroxylation sites is 2. The Morgan fingerprint density at radius 3 is 2.31 bits per heavy atom. The van der Waals surface area contributed by atoms with Gasteiger partial charge in [0, 0.05) is 26.2 Å². The molecule has 1 aromatic heterocycles. The molecular weight excluding hydrogens is 402 g/mol. The van der Waals surface area contributed by atoms with Crippen LogP contribution in [0.1, 0.15) is 64.5 Å². The van der Waals surface area contributed by atoms with E-state index in [9.17, 15) is 10.1 Å². The Morgan fingerprint density at radius 2 is 1.72 bits per heavy atom. The molecule has 1 aromatic carbocycles. The molecule has 2 heterocycles. The Hall–Kier alpha value is -2.72. The smallest absolute Gasteiger partial charge is 0.329 e. The number of piperazine rings is 1. The first kappa shape index (κ1) is 23.9. The van der Waals surface area contributed by atoms with Crippen LogP contribution >= 0.6 is 0 Å². The van der Waals surface area contributed by atoms with Gasteiger partial charge in [-0.05, 0) is 44.4 Å². The van der Waals surface area contributed by atoms with Gasteiger partial charge >= 0.3 is 5.97 Å². The highest BCUT2D eigenvalue weighted by molar-refractivity contribution is 5.85. The van der Waals surface area contributed by atoms with Gasteiger partial charge in [-0.25, -0.2) is 9.97 Å². The third-order valence-electron chi connectivity index (χ3n) is 6.17. The minimum absolute atomic E-state index is 0.0907. The molecule has 0 bridgehead atoms. The molecule has 1 unspecified atom stereocenters. The van der Waals surface area contributed by atoms with E-state index in [1.807, 2.05) is 38.1 Å². The fourth-order valence-corrected chi connectivity index (χ4v) is 4.35. The summed E-state index contributed by atoms with van der Waals surface area (Å²) in [6.07, 6.45) is 4.97. The summed E-state index contributed by atoms with van der Waals surface area (Å²) in [5.74, 6) is -0.928. The van der Waals surface area contributed by atoms with Crippen LogP contribution in [0.4, 0.5) is 5.82 Å². The lowest BCUT2D eigenvalue weighted by molar-refractivity contribution is -0.150. The monoisotopic (exact) mass is 437 g/mol. The maximum Gasteiger partial charge on any atom is 0.329 e. The number of aromatic nitrogens is 2. The quantitative estimate of drug-likeness (QED) is 0.646. The van der Waals surface area contributed by atoms with Gasteiger partial charge in [0.15, 0.2) is 11.7 Å². The van der Waals surface area contributed by atoms with Crippen LogP contribution in [0.2, 0.25) is 0 Å². The Kier molecular flexibility index (Phi) is 8.81. The summed E-state index contributed by atoms with van der Waals surface area (Å²) in [5.41, 5.74) is 1.88. The van der Waals surface area contributed by atoms with Crippen molar-refractivity contribution in [3.63, 3.8) is 0 Å². The maximum atomic E-state index is 13.0. The average Bonchev–Trinajstić information content (AvgIpc) is 2.86. The SMILES string of the molecule is CC.CCN1CCN(c2nc3ccccc3nc2C(C#N)C(=O)OC2CCCCC2)CC1. The number of ether oxygens (including phenoxy) is 1. The molecule has 7 heteroatoms. The van der Waals surface area contributed by atoms with Crippen LogP contribution in [0.25, 0.3) is 11.0 Å². The molecular formula is C25H35N5O2. The van der Waals surface area contributed by atoms with Gasteiger partial charge in [0.1, 0.15) is 11.8 Å². The summed E-state index contributed by atoms with van der Waals surface area (Å²) in [6.45, 7) is 10.6. The predicted octanol–water partition coefficient (Wildman–Crippen LogP) is 4.28. The van der Waals surface area contributed by atoms with Crippen LogP contribution in [-0.4, -0.2) is 59.7 Å². The van der Waals surface area contributed by atoms with Gasteiger partial charge in [-0.3, -0.25) is 4.79 Å². The van der Waals surface area contributed by atoms with Gasteiger partial charge in [0.25, 0.3) is 0 Å². The Bertz CT molecular complexity index is 928. The van der Waals surface area contributed by atoms with E-state index < -0.39 is 11.9 Å². The Balaban J connectivity index is 0.00000141. The lowest BCUT2D eigenvalue weighted by atomic mass is 9.97. The first-order valence-electron chi connectivity index (χ1n) is 12.0. The number of anilines is 1. The topological polar surface area (TPSA) is 82.4 Å². The summed E-state index contributed by atoms with van der Waals surface area (Å²) in [4.78, 5) is 27.1. The summed E-state index contributed by atoms with van der Waals surface area (Å²) < 4.78 is 5.73. The normalized spacial score (nSPS) is 18.4. The zero-order chi connectivity index (χ0) is 22.9. The first-order valence-corrected chi connectivity index (χ1v) is 12.0. The molecule has 32 heavy (non-hydrogen) atoms. The lowest BCUT2D eigenvalue weighted by Gasteiger charge is -2.35. The van der Waals surface area contributed by atoms with E-state index in [0.29, 0.717) is 17.0 Å². The third kappa shape index (κ3) is 5.55. The molecule has 1 aliphatic carbocycles. The molecule has 2 fully saturated rings. The van der Waals surface area contributed by atoms with Crippen molar-refractivity contribution in [3.05, 3.63) is 30.0 Å². The summed E-state index contributed by atoms with van der Waals surface area (Å²) in [6, 6.07) is 9.76. The second-order valence-electron chi connectivity index (χ2n) is 8.10. The van der Waals surface area contributed by atoms with Crippen LogP contribution in [0.15, 0.2) is 24.3 Å². The van der Waals surface area contributed by atoms with E-state index in [0.717, 1.165) is 63.9 Å². The van der Waals surface area contributed by atoms with Crippen LogP contribution in [0.5, 0.6) is 0 Å². The summed E-state index contributed by atoms with van der Waals surface area (Å²) in [5, 5.41) is 9.91. The molecule has 1 aliphatic heterocycles. The number of rotatable bonds is 5. The van der Waals surface area contributed by atoms with Gasteiger partial charge in [0.2, 0.25) is 0 Å². The second-order valence-corrected chi connectivity index (χ2v) is 8.10. The predicted molar refractivity (Wildman–Crippen MR) is 127 cm³/mol. The standard InChI is InChI=1S/C23H29N5O2.C2H6/c1-2-27-12-14-28(15-13-27)22-21(25-19-10-6-7-11-20(19)26-22)18(16-24)23(29)30-17-8-4-3-5-9-17;1-2/h6-7,10-11,17-18H,2-5,8-9,12-15H2,1H3;1-2H3. The van der Waals surface area contributed by atoms with Crippen molar-refractivity contribution >= 4 is 22.8 Å². The number of hydrogen-bond acceptors (Lipinski definition) is 7. The van der Waals surface area contributed by atoms with Gasteiger partial charge in [-0.1, -0.05) is 39.3 Å². The zero-order valence-electron chi connectivity index (χ0n) is 19.6. The van der Waals surface area contributed by atoms with E-state index >= 15 is 0 Å². The number of esters is 1. The minimum atomic E-state index is -1.07. The van der Waals surface area contributed by atoms with Crippen molar-refractivity contribution in [2.24, 2.45) is 0 Å². The largest absolute Gasteiger partial charge is 0.461 e. The molecule has 0 radical (unpaired) electrons. The van der Waals surface area contributed by atoms with Crippen molar-refractivity contribution in [3.8, 4) is 6.07 Å². The molecule has 4 rings (SSSR count). The van der Waals surface area contributed by atoms with E-state index in [2.05, 4.69) is 22.8 Å². The number of fused-ring (bicyclic) bond motifs is 1. The fourth-order valence-electron chi connectivity index (χ4n) is 4.35. The number of likely N-dealkylation sites (N-methyl/N-ethyl adjacent to an activating group) is 1. The fraction of sp³-hybridized carbons (Fsp3) is 0.600. The number of hydrogen-bond donors (Lipinski definition) is 0. The Labute approximate surface area is 191 Å². The maximum absolute atomic E-state index is 13.0. The highest BCUT2D eigenvalue weighted by atomic mass is 16.5. The molecule has 2 aliphatic rings.